The number of hydrogen-bond donors (Lipinski definition) is 0. The predicted molar refractivity (Wildman–Crippen MR) is 104 cm³/mol. The Morgan fingerprint density at radius 1 is 1.00 bits per heavy atom. The van der Waals surface area contributed by atoms with Crippen molar-refractivity contribution in [2.75, 3.05) is 6.54 Å². The van der Waals surface area contributed by atoms with Gasteiger partial charge >= 0.3 is 0 Å². The van der Waals surface area contributed by atoms with Crippen LogP contribution in [0.3, 0.4) is 0 Å². The number of benzene rings is 3. The van der Waals surface area contributed by atoms with Gasteiger partial charge in [-0.3, -0.25) is 4.79 Å². The topological polar surface area (TPSA) is 29.5 Å². The molecule has 26 heavy (non-hydrogen) atoms. The van der Waals surface area contributed by atoms with Crippen LogP contribution in [0.4, 0.5) is 0 Å². The Labute approximate surface area is 154 Å². The molecule has 3 heteroatoms. The first-order valence-electron chi connectivity index (χ1n) is 9.25. The third kappa shape index (κ3) is 3.30. The zero-order valence-electron chi connectivity index (χ0n) is 15.0. The van der Waals surface area contributed by atoms with E-state index >= 15 is 0 Å². The molecule has 0 unspecified atom stereocenters. The Kier molecular flexibility index (Phi) is 4.61. The van der Waals surface area contributed by atoms with E-state index in [4.69, 9.17) is 4.74 Å². The van der Waals surface area contributed by atoms with Crippen molar-refractivity contribution in [1.82, 2.24) is 4.90 Å². The van der Waals surface area contributed by atoms with Crippen LogP contribution in [0.25, 0.3) is 10.8 Å². The molecule has 1 aliphatic heterocycles. The summed E-state index contributed by atoms with van der Waals surface area (Å²) in [5.41, 5.74) is 2.59. The molecule has 1 heterocycles. The second-order valence-electron chi connectivity index (χ2n) is 6.80. The van der Waals surface area contributed by atoms with Crippen molar-refractivity contribution in [3.05, 3.63) is 77.9 Å². The van der Waals surface area contributed by atoms with Crippen LogP contribution in [-0.4, -0.2) is 23.5 Å². The molecule has 3 aromatic rings. The molecule has 0 N–H and O–H groups in total. The van der Waals surface area contributed by atoms with Crippen LogP contribution in [0.5, 0.6) is 5.75 Å². The van der Waals surface area contributed by atoms with E-state index in [0.29, 0.717) is 13.0 Å². The summed E-state index contributed by atoms with van der Waals surface area (Å²) in [7, 11) is 0. The van der Waals surface area contributed by atoms with Gasteiger partial charge in [-0.05, 0) is 46.9 Å². The third-order valence-electron chi connectivity index (χ3n) is 5.09. The van der Waals surface area contributed by atoms with Gasteiger partial charge in [-0.2, -0.15) is 0 Å². The normalized spacial score (nSPS) is 14.7. The number of amides is 1. The molecule has 132 valence electrons. The van der Waals surface area contributed by atoms with Crippen LogP contribution in [0.15, 0.2) is 66.7 Å². The first-order valence-corrected chi connectivity index (χ1v) is 9.25. The highest BCUT2D eigenvalue weighted by Gasteiger charge is 2.27. The number of fused-ring (bicyclic) bond motifs is 2. The minimum absolute atomic E-state index is 0.0789. The van der Waals surface area contributed by atoms with Crippen molar-refractivity contribution in [3.8, 4) is 5.75 Å². The van der Waals surface area contributed by atoms with Crippen molar-refractivity contribution >= 4 is 16.7 Å². The van der Waals surface area contributed by atoms with E-state index in [1.54, 1.807) is 0 Å². The lowest BCUT2D eigenvalue weighted by Crippen LogP contribution is -2.44. The quantitative estimate of drug-likeness (QED) is 0.692. The van der Waals surface area contributed by atoms with Crippen LogP contribution >= 0.6 is 0 Å². The molecular formula is C23H23NO2. The van der Waals surface area contributed by atoms with Crippen molar-refractivity contribution in [2.24, 2.45) is 0 Å². The van der Waals surface area contributed by atoms with E-state index in [0.717, 1.165) is 24.1 Å². The molecular weight excluding hydrogens is 322 g/mol. The van der Waals surface area contributed by atoms with Gasteiger partial charge in [0.1, 0.15) is 5.75 Å². The van der Waals surface area contributed by atoms with E-state index in [9.17, 15) is 4.79 Å². The molecule has 0 bridgehead atoms. The highest BCUT2D eigenvalue weighted by atomic mass is 16.5. The summed E-state index contributed by atoms with van der Waals surface area (Å²) in [6, 6.07) is 22.5. The Morgan fingerprint density at radius 3 is 2.54 bits per heavy atom. The van der Waals surface area contributed by atoms with Gasteiger partial charge in [0.2, 0.25) is 0 Å². The van der Waals surface area contributed by atoms with Gasteiger partial charge < -0.3 is 9.64 Å². The molecule has 0 saturated carbocycles. The lowest BCUT2D eigenvalue weighted by atomic mass is 9.99. The molecule has 0 aliphatic carbocycles. The van der Waals surface area contributed by atoms with Gasteiger partial charge in [0.15, 0.2) is 6.10 Å². The van der Waals surface area contributed by atoms with E-state index in [1.165, 1.54) is 16.5 Å². The molecule has 1 aliphatic rings. The Hall–Kier alpha value is -2.81. The molecule has 3 nitrogen and oxygen atoms in total. The average molecular weight is 345 g/mol. The maximum Gasteiger partial charge on any atom is 0.263 e. The predicted octanol–water partition coefficient (Wildman–Crippen LogP) is 4.58. The molecule has 0 saturated heterocycles. The fourth-order valence-corrected chi connectivity index (χ4v) is 3.60. The zero-order valence-corrected chi connectivity index (χ0v) is 15.0. The summed E-state index contributed by atoms with van der Waals surface area (Å²) >= 11 is 0. The fourth-order valence-electron chi connectivity index (χ4n) is 3.60. The number of carbonyl (C=O) groups excluding carboxylic acids is 1. The minimum atomic E-state index is -0.443. The van der Waals surface area contributed by atoms with E-state index < -0.39 is 6.10 Å². The van der Waals surface area contributed by atoms with E-state index in [2.05, 4.69) is 30.3 Å². The van der Waals surface area contributed by atoms with Crippen LogP contribution in [0, 0.1) is 0 Å². The zero-order chi connectivity index (χ0) is 17.9. The highest BCUT2D eigenvalue weighted by Crippen LogP contribution is 2.24. The summed E-state index contributed by atoms with van der Waals surface area (Å²) in [5, 5.41) is 2.30. The molecule has 1 amide bonds. The molecule has 4 rings (SSSR count). The van der Waals surface area contributed by atoms with Crippen molar-refractivity contribution in [2.45, 2.75) is 32.4 Å². The van der Waals surface area contributed by atoms with Crippen LogP contribution in [-0.2, 0) is 17.8 Å². The Morgan fingerprint density at radius 2 is 1.73 bits per heavy atom. The van der Waals surface area contributed by atoms with Gasteiger partial charge in [0.25, 0.3) is 5.91 Å². The Balaban J connectivity index is 1.50. The second kappa shape index (κ2) is 7.20. The van der Waals surface area contributed by atoms with Gasteiger partial charge in [0.05, 0.1) is 0 Å². The van der Waals surface area contributed by atoms with Gasteiger partial charge in [-0.25, -0.2) is 0 Å². The van der Waals surface area contributed by atoms with E-state index in [1.807, 2.05) is 48.2 Å². The third-order valence-corrected chi connectivity index (χ3v) is 5.09. The largest absolute Gasteiger partial charge is 0.481 e. The molecule has 0 radical (unpaired) electrons. The number of nitrogens with zero attached hydrogens (tertiary/aromatic N) is 1. The van der Waals surface area contributed by atoms with Crippen LogP contribution in [0.2, 0.25) is 0 Å². The molecule has 0 aromatic heterocycles. The molecule has 0 spiro atoms. The number of hydrogen-bond acceptors (Lipinski definition) is 2. The summed E-state index contributed by atoms with van der Waals surface area (Å²) in [5.74, 6) is 0.830. The van der Waals surface area contributed by atoms with E-state index in [-0.39, 0.29) is 5.91 Å². The standard InChI is InChI=1S/C23H23NO2/c1-2-22(26-21-12-11-17-7-3-5-9-19(17)15-21)23(25)24-14-13-18-8-4-6-10-20(18)16-24/h3-12,15,22H,2,13-14,16H2,1H3/t22-/m0/s1. The van der Waals surface area contributed by atoms with Crippen molar-refractivity contribution in [3.63, 3.8) is 0 Å². The highest BCUT2D eigenvalue weighted by molar-refractivity contribution is 5.84. The summed E-state index contributed by atoms with van der Waals surface area (Å²) in [4.78, 5) is 14.9. The smallest absolute Gasteiger partial charge is 0.263 e. The lowest BCUT2D eigenvalue weighted by molar-refractivity contribution is -0.139. The maximum absolute atomic E-state index is 13.0. The summed E-state index contributed by atoms with van der Waals surface area (Å²) < 4.78 is 6.08. The minimum Gasteiger partial charge on any atom is -0.481 e. The monoisotopic (exact) mass is 345 g/mol. The van der Waals surface area contributed by atoms with Crippen LogP contribution in [0.1, 0.15) is 24.5 Å². The lowest BCUT2D eigenvalue weighted by Gasteiger charge is -2.31. The number of rotatable bonds is 4. The van der Waals surface area contributed by atoms with Gasteiger partial charge in [0, 0.05) is 13.1 Å². The maximum atomic E-state index is 13.0. The van der Waals surface area contributed by atoms with Crippen LogP contribution < -0.4 is 4.74 Å². The number of carbonyl (C=O) groups is 1. The molecule has 1 atom stereocenters. The SMILES string of the molecule is CC[C@H](Oc1ccc2ccccc2c1)C(=O)N1CCc2ccccc2C1. The average Bonchev–Trinajstić information content (AvgIpc) is 2.71. The van der Waals surface area contributed by atoms with Gasteiger partial charge in [-0.15, -0.1) is 0 Å². The second-order valence-corrected chi connectivity index (χ2v) is 6.80. The van der Waals surface area contributed by atoms with Gasteiger partial charge in [-0.1, -0.05) is 61.5 Å². The molecule has 0 fully saturated rings. The van der Waals surface area contributed by atoms with Crippen molar-refractivity contribution in [1.29, 1.82) is 0 Å². The summed E-state index contributed by atoms with van der Waals surface area (Å²) in [6.07, 6.45) is 1.12. The Bertz CT molecular complexity index is 934. The summed E-state index contributed by atoms with van der Waals surface area (Å²) in [6.45, 7) is 3.43. The molecule has 3 aromatic carbocycles. The first kappa shape index (κ1) is 16.6. The first-order chi connectivity index (χ1) is 12.7. The van der Waals surface area contributed by atoms with Crippen molar-refractivity contribution < 1.29 is 9.53 Å². The fraction of sp³-hybridized carbons (Fsp3) is 0.261. The number of ether oxygens (including phenoxy) is 1.